The Balaban J connectivity index is 2.21. The Labute approximate surface area is 127 Å². The van der Waals surface area contributed by atoms with Gasteiger partial charge in [0, 0.05) is 16.8 Å². The van der Waals surface area contributed by atoms with Gasteiger partial charge in [0.05, 0.1) is 12.6 Å². The quantitative estimate of drug-likeness (QED) is 0.786. The van der Waals surface area contributed by atoms with E-state index in [2.05, 4.69) is 28.3 Å². The molecule has 0 bridgehead atoms. The van der Waals surface area contributed by atoms with Gasteiger partial charge in [0.15, 0.2) is 10.8 Å². The summed E-state index contributed by atoms with van der Waals surface area (Å²) < 4.78 is 5.02. The van der Waals surface area contributed by atoms with Crippen molar-refractivity contribution in [1.29, 1.82) is 0 Å². The van der Waals surface area contributed by atoms with Gasteiger partial charge in [-0.2, -0.15) is 0 Å². The van der Waals surface area contributed by atoms with Crippen molar-refractivity contribution in [2.24, 2.45) is 0 Å². The Morgan fingerprint density at radius 3 is 2.90 bits per heavy atom. The summed E-state index contributed by atoms with van der Waals surface area (Å²) in [4.78, 5) is 20.5. The number of anilines is 1. The first-order valence-electron chi connectivity index (χ1n) is 6.45. The van der Waals surface area contributed by atoms with Gasteiger partial charge in [-0.15, -0.1) is 22.7 Å². The predicted molar refractivity (Wildman–Crippen MR) is 83.9 cm³/mol. The van der Waals surface area contributed by atoms with Crippen LogP contribution in [-0.4, -0.2) is 24.6 Å². The number of carbonyl (C=O) groups is 1. The van der Waals surface area contributed by atoms with E-state index in [9.17, 15) is 4.79 Å². The SMILES string of the molecule is CCOC(=O)c1nc(N(C)C(C)c2cccs2)sc1C. The lowest BCUT2D eigenvalue weighted by Crippen LogP contribution is -2.20. The van der Waals surface area contributed by atoms with Crippen LogP contribution in [0.3, 0.4) is 0 Å². The molecule has 2 heterocycles. The molecular weight excluding hydrogens is 292 g/mol. The molecule has 4 nitrogen and oxygen atoms in total. The van der Waals surface area contributed by atoms with Gasteiger partial charge in [-0.25, -0.2) is 9.78 Å². The van der Waals surface area contributed by atoms with Crippen LogP contribution in [0.5, 0.6) is 0 Å². The number of esters is 1. The molecule has 6 heteroatoms. The summed E-state index contributed by atoms with van der Waals surface area (Å²) >= 11 is 3.24. The van der Waals surface area contributed by atoms with Gasteiger partial charge in [0.1, 0.15) is 0 Å². The van der Waals surface area contributed by atoms with Gasteiger partial charge in [0.2, 0.25) is 0 Å². The summed E-state index contributed by atoms with van der Waals surface area (Å²) in [6, 6.07) is 4.38. The number of aryl methyl sites for hydroxylation is 1. The third kappa shape index (κ3) is 3.02. The zero-order valence-corrected chi connectivity index (χ0v) is 13.7. The minimum Gasteiger partial charge on any atom is -0.461 e. The van der Waals surface area contributed by atoms with Crippen LogP contribution in [0.2, 0.25) is 0 Å². The molecule has 2 rings (SSSR count). The van der Waals surface area contributed by atoms with Crippen LogP contribution in [0.15, 0.2) is 17.5 Å². The van der Waals surface area contributed by atoms with E-state index in [4.69, 9.17) is 4.74 Å². The van der Waals surface area contributed by atoms with Gasteiger partial charge in [-0.05, 0) is 32.2 Å². The Bertz CT molecular complexity index is 578. The molecule has 108 valence electrons. The lowest BCUT2D eigenvalue weighted by Gasteiger charge is -2.23. The highest BCUT2D eigenvalue weighted by Gasteiger charge is 2.21. The van der Waals surface area contributed by atoms with Crippen molar-refractivity contribution in [3.05, 3.63) is 33.0 Å². The Morgan fingerprint density at radius 2 is 2.30 bits per heavy atom. The third-order valence-corrected chi connectivity index (χ3v) is 5.20. The molecule has 0 N–H and O–H groups in total. The zero-order chi connectivity index (χ0) is 14.7. The molecule has 0 amide bonds. The molecule has 0 aliphatic heterocycles. The van der Waals surface area contributed by atoms with E-state index < -0.39 is 0 Å². The number of aromatic nitrogens is 1. The summed E-state index contributed by atoms with van der Waals surface area (Å²) in [5.41, 5.74) is 0.428. The largest absolute Gasteiger partial charge is 0.461 e. The van der Waals surface area contributed by atoms with Crippen molar-refractivity contribution in [3.8, 4) is 0 Å². The van der Waals surface area contributed by atoms with E-state index in [0.717, 1.165) is 10.0 Å². The Hall–Kier alpha value is -1.40. The first kappa shape index (κ1) is 15.0. The smallest absolute Gasteiger partial charge is 0.358 e. The molecule has 0 spiro atoms. The second-order valence-corrected chi connectivity index (χ2v) is 6.58. The molecular formula is C14H18N2O2S2. The van der Waals surface area contributed by atoms with Crippen molar-refractivity contribution in [2.75, 3.05) is 18.6 Å². The normalized spacial score (nSPS) is 12.2. The topological polar surface area (TPSA) is 42.4 Å². The van der Waals surface area contributed by atoms with Gasteiger partial charge >= 0.3 is 5.97 Å². The summed E-state index contributed by atoms with van der Waals surface area (Å²) in [6.45, 7) is 6.20. The van der Waals surface area contributed by atoms with Crippen LogP contribution < -0.4 is 4.90 Å². The average Bonchev–Trinajstić information content (AvgIpc) is 3.06. The van der Waals surface area contributed by atoms with E-state index in [1.165, 1.54) is 16.2 Å². The van der Waals surface area contributed by atoms with E-state index in [-0.39, 0.29) is 12.0 Å². The number of thiophene rings is 1. The third-order valence-electron chi connectivity index (χ3n) is 3.09. The second-order valence-electron chi connectivity index (χ2n) is 4.42. The summed E-state index contributed by atoms with van der Waals surface area (Å²) in [5, 5.41) is 2.91. The molecule has 1 unspecified atom stereocenters. The molecule has 2 aromatic rings. The molecule has 0 radical (unpaired) electrons. The number of hydrogen-bond acceptors (Lipinski definition) is 6. The monoisotopic (exact) mass is 310 g/mol. The summed E-state index contributed by atoms with van der Waals surface area (Å²) in [6.07, 6.45) is 0. The van der Waals surface area contributed by atoms with Crippen molar-refractivity contribution >= 4 is 33.8 Å². The molecule has 20 heavy (non-hydrogen) atoms. The fraction of sp³-hybridized carbons (Fsp3) is 0.429. The molecule has 0 aromatic carbocycles. The van der Waals surface area contributed by atoms with Crippen molar-refractivity contribution in [2.45, 2.75) is 26.8 Å². The second kappa shape index (κ2) is 6.37. The van der Waals surface area contributed by atoms with Crippen molar-refractivity contribution < 1.29 is 9.53 Å². The number of thiazole rings is 1. The van der Waals surface area contributed by atoms with Gasteiger partial charge in [-0.3, -0.25) is 0 Å². The molecule has 1 atom stereocenters. The van der Waals surface area contributed by atoms with Crippen molar-refractivity contribution in [1.82, 2.24) is 4.98 Å². The molecule has 2 aromatic heterocycles. The maximum atomic E-state index is 11.8. The van der Waals surface area contributed by atoms with E-state index in [1.54, 1.807) is 18.3 Å². The van der Waals surface area contributed by atoms with Crippen LogP contribution >= 0.6 is 22.7 Å². The summed E-state index contributed by atoms with van der Waals surface area (Å²) in [5.74, 6) is -0.343. The number of carbonyl (C=O) groups excluding carboxylic acids is 1. The van der Waals surface area contributed by atoms with Gasteiger partial charge in [0.25, 0.3) is 0 Å². The first-order valence-corrected chi connectivity index (χ1v) is 8.15. The van der Waals surface area contributed by atoms with Crippen LogP contribution in [0.4, 0.5) is 5.13 Å². The molecule has 0 fully saturated rings. The van der Waals surface area contributed by atoms with Crippen LogP contribution in [-0.2, 0) is 4.74 Å². The average molecular weight is 310 g/mol. The standard InChI is InChI=1S/C14H18N2O2S2/c1-5-18-13(17)12-10(3)20-14(15-12)16(4)9(2)11-7-6-8-19-11/h6-9H,5H2,1-4H3. The Kier molecular flexibility index (Phi) is 4.77. The maximum Gasteiger partial charge on any atom is 0.358 e. The lowest BCUT2D eigenvalue weighted by molar-refractivity contribution is 0.0519. The highest BCUT2D eigenvalue weighted by atomic mass is 32.1. The van der Waals surface area contributed by atoms with E-state index in [1.807, 2.05) is 20.0 Å². The number of ether oxygens (including phenoxy) is 1. The summed E-state index contributed by atoms with van der Waals surface area (Å²) in [7, 11) is 2.00. The number of nitrogens with zero attached hydrogens (tertiary/aromatic N) is 2. The molecule has 0 aliphatic rings. The lowest BCUT2D eigenvalue weighted by atomic mass is 10.2. The van der Waals surface area contributed by atoms with Crippen molar-refractivity contribution in [3.63, 3.8) is 0 Å². The van der Waals surface area contributed by atoms with Gasteiger partial charge < -0.3 is 9.64 Å². The minimum atomic E-state index is -0.343. The Morgan fingerprint density at radius 1 is 1.55 bits per heavy atom. The van der Waals surface area contributed by atoms with Crippen LogP contribution in [0.25, 0.3) is 0 Å². The fourth-order valence-corrected chi connectivity index (χ4v) is 3.57. The fourth-order valence-electron chi connectivity index (χ4n) is 1.81. The molecule has 0 aliphatic carbocycles. The first-order chi connectivity index (χ1) is 9.54. The number of rotatable bonds is 5. The highest BCUT2D eigenvalue weighted by Crippen LogP contribution is 2.32. The maximum absolute atomic E-state index is 11.8. The zero-order valence-electron chi connectivity index (χ0n) is 12.0. The van der Waals surface area contributed by atoms with Crippen LogP contribution in [0.1, 0.15) is 40.1 Å². The highest BCUT2D eigenvalue weighted by molar-refractivity contribution is 7.15. The predicted octanol–water partition coefficient (Wildman–Crippen LogP) is 3.89. The van der Waals surface area contributed by atoms with Crippen LogP contribution in [0, 0.1) is 6.92 Å². The van der Waals surface area contributed by atoms with E-state index in [0.29, 0.717) is 12.3 Å². The number of hydrogen-bond donors (Lipinski definition) is 0. The molecule has 0 saturated carbocycles. The van der Waals surface area contributed by atoms with E-state index >= 15 is 0 Å². The van der Waals surface area contributed by atoms with Gasteiger partial charge in [-0.1, -0.05) is 6.07 Å². The molecule has 0 saturated heterocycles. The minimum absolute atomic E-state index is 0.232.